The SMILES string of the molecule is CCCC1CCC(CNCC)C(CC(C)C)C1. The quantitative estimate of drug-likeness (QED) is 0.691. The van der Waals surface area contributed by atoms with Crippen LogP contribution in [0, 0.1) is 23.7 Å². The van der Waals surface area contributed by atoms with Crippen LogP contribution in [0.1, 0.15) is 66.2 Å². The zero-order valence-electron chi connectivity index (χ0n) is 12.5. The van der Waals surface area contributed by atoms with E-state index in [-0.39, 0.29) is 0 Å². The van der Waals surface area contributed by atoms with Crippen molar-refractivity contribution >= 4 is 0 Å². The van der Waals surface area contributed by atoms with Crippen molar-refractivity contribution in [2.24, 2.45) is 23.7 Å². The Labute approximate surface area is 109 Å². The van der Waals surface area contributed by atoms with Crippen LogP contribution >= 0.6 is 0 Å². The van der Waals surface area contributed by atoms with Crippen LogP contribution in [0.3, 0.4) is 0 Å². The third kappa shape index (κ3) is 5.42. The molecule has 0 aromatic carbocycles. The van der Waals surface area contributed by atoms with Crippen molar-refractivity contribution < 1.29 is 0 Å². The molecule has 0 bridgehead atoms. The Hall–Kier alpha value is -0.0400. The lowest BCUT2D eigenvalue weighted by Crippen LogP contribution is -2.33. The van der Waals surface area contributed by atoms with Gasteiger partial charge in [0.05, 0.1) is 0 Å². The minimum Gasteiger partial charge on any atom is -0.317 e. The van der Waals surface area contributed by atoms with E-state index < -0.39 is 0 Å². The predicted molar refractivity (Wildman–Crippen MR) is 77.2 cm³/mol. The minimum absolute atomic E-state index is 0.865. The summed E-state index contributed by atoms with van der Waals surface area (Å²) in [6.45, 7) is 11.7. The van der Waals surface area contributed by atoms with Crippen molar-refractivity contribution in [3.8, 4) is 0 Å². The maximum Gasteiger partial charge on any atom is -0.00180 e. The van der Waals surface area contributed by atoms with E-state index in [0.717, 1.165) is 30.2 Å². The van der Waals surface area contributed by atoms with Crippen LogP contribution in [0.2, 0.25) is 0 Å². The lowest BCUT2D eigenvalue weighted by molar-refractivity contribution is 0.147. The molecule has 3 atom stereocenters. The van der Waals surface area contributed by atoms with Crippen LogP contribution in [0.5, 0.6) is 0 Å². The molecule has 1 aliphatic carbocycles. The molecule has 1 nitrogen and oxygen atoms in total. The van der Waals surface area contributed by atoms with Gasteiger partial charge in [-0.25, -0.2) is 0 Å². The van der Waals surface area contributed by atoms with Crippen molar-refractivity contribution in [3.05, 3.63) is 0 Å². The Balaban J connectivity index is 2.46. The molecule has 0 aromatic heterocycles. The highest BCUT2D eigenvalue weighted by molar-refractivity contribution is 4.82. The van der Waals surface area contributed by atoms with Crippen LogP contribution in [-0.4, -0.2) is 13.1 Å². The van der Waals surface area contributed by atoms with E-state index in [2.05, 4.69) is 33.0 Å². The summed E-state index contributed by atoms with van der Waals surface area (Å²) >= 11 is 0. The summed E-state index contributed by atoms with van der Waals surface area (Å²) in [5.41, 5.74) is 0. The Kier molecular flexibility index (Phi) is 7.18. The van der Waals surface area contributed by atoms with Crippen molar-refractivity contribution in [3.63, 3.8) is 0 Å². The second-order valence-corrected chi connectivity index (χ2v) is 6.43. The number of hydrogen-bond acceptors (Lipinski definition) is 1. The Bertz CT molecular complexity index is 188. The summed E-state index contributed by atoms with van der Waals surface area (Å²) in [5, 5.41) is 3.57. The Morgan fingerprint density at radius 3 is 2.47 bits per heavy atom. The molecule has 0 radical (unpaired) electrons. The van der Waals surface area contributed by atoms with Crippen LogP contribution in [-0.2, 0) is 0 Å². The molecule has 0 amide bonds. The second kappa shape index (κ2) is 8.13. The highest BCUT2D eigenvalue weighted by atomic mass is 14.8. The van der Waals surface area contributed by atoms with Gasteiger partial charge in [0.15, 0.2) is 0 Å². The topological polar surface area (TPSA) is 12.0 Å². The lowest BCUT2D eigenvalue weighted by Gasteiger charge is -2.37. The monoisotopic (exact) mass is 239 g/mol. The molecule has 1 aliphatic rings. The second-order valence-electron chi connectivity index (χ2n) is 6.43. The molecule has 17 heavy (non-hydrogen) atoms. The summed E-state index contributed by atoms with van der Waals surface area (Å²) in [5.74, 6) is 3.83. The van der Waals surface area contributed by atoms with Gasteiger partial charge in [-0.3, -0.25) is 0 Å². The molecule has 0 saturated heterocycles. The number of rotatable bonds is 7. The molecule has 0 aliphatic heterocycles. The third-order valence-corrected chi connectivity index (χ3v) is 4.38. The third-order valence-electron chi connectivity index (χ3n) is 4.38. The van der Waals surface area contributed by atoms with Gasteiger partial charge in [-0.2, -0.15) is 0 Å². The fraction of sp³-hybridized carbons (Fsp3) is 1.00. The molecule has 1 fully saturated rings. The summed E-state index contributed by atoms with van der Waals surface area (Å²) in [6, 6.07) is 0. The van der Waals surface area contributed by atoms with Crippen molar-refractivity contribution in [1.29, 1.82) is 0 Å². The predicted octanol–water partition coefficient (Wildman–Crippen LogP) is 4.47. The molecule has 0 aromatic rings. The van der Waals surface area contributed by atoms with Crippen molar-refractivity contribution in [2.75, 3.05) is 13.1 Å². The molecule has 0 spiro atoms. The van der Waals surface area contributed by atoms with Gasteiger partial charge in [-0.15, -0.1) is 0 Å². The summed E-state index contributed by atoms with van der Waals surface area (Å²) in [4.78, 5) is 0. The molecule has 1 heteroatoms. The number of nitrogens with one attached hydrogen (secondary N) is 1. The van der Waals surface area contributed by atoms with Gasteiger partial charge >= 0.3 is 0 Å². The van der Waals surface area contributed by atoms with E-state index in [0.29, 0.717) is 0 Å². The molecule has 1 rings (SSSR count). The van der Waals surface area contributed by atoms with Crippen molar-refractivity contribution in [2.45, 2.75) is 66.2 Å². The molecule has 1 saturated carbocycles. The molecular weight excluding hydrogens is 206 g/mol. The molecular formula is C16H33N. The highest BCUT2D eigenvalue weighted by Gasteiger charge is 2.29. The maximum absolute atomic E-state index is 3.57. The number of hydrogen-bond donors (Lipinski definition) is 1. The zero-order valence-corrected chi connectivity index (χ0v) is 12.5. The highest BCUT2D eigenvalue weighted by Crippen LogP contribution is 2.39. The largest absolute Gasteiger partial charge is 0.317 e. The van der Waals surface area contributed by atoms with Gasteiger partial charge < -0.3 is 5.32 Å². The molecule has 102 valence electrons. The summed E-state index contributed by atoms with van der Waals surface area (Å²) < 4.78 is 0. The standard InChI is InChI=1S/C16H33N/c1-5-7-14-8-9-15(12-17-6-2)16(11-14)10-13(3)4/h13-17H,5-12H2,1-4H3. The van der Waals surface area contributed by atoms with E-state index in [4.69, 9.17) is 0 Å². The first kappa shape index (κ1) is 15.0. The van der Waals surface area contributed by atoms with Gasteiger partial charge in [0.2, 0.25) is 0 Å². The first-order valence-electron chi connectivity index (χ1n) is 7.88. The molecule has 3 unspecified atom stereocenters. The van der Waals surface area contributed by atoms with Gasteiger partial charge in [0.1, 0.15) is 0 Å². The Morgan fingerprint density at radius 1 is 1.12 bits per heavy atom. The van der Waals surface area contributed by atoms with E-state index in [1.165, 1.54) is 45.1 Å². The minimum atomic E-state index is 0.865. The van der Waals surface area contributed by atoms with Gasteiger partial charge in [-0.05, 0) is 56.0 Å². The lowest BCUT2D eigenvalue weighted by atomic mass is 9.70. The van der Waals surface area contributed by atoms with Gasteiger partial charge in [-0.1, -0.05) is 47.0 Å². The fourth-order valence-electron chi connectivity index (χ4n) is 3.59. The molecule has 0 heterocycles. The van der Waals surface area contributed by atoms with E-state index in [1.807, 2.05) is 0 Å². The van der Waals surface area contributed by atoms with Crippen LogP contribution in [0.25, 0.3) is 0 Å². The normalized spacial score (nSPS) is 29.8. The van der Waals surface area contributed by atoms with Crippen LogP contribution in [0.4, 0.5) is 0 Å². The Morgan fingerprint density at radius 2 is 1.88 bits per heavy atom. The van der Waals surface area contributed by atoms with Gasteiger partial charge in [0, 0.05) is 0 Å². The fourth-order valence-corrected chi connectivity index (χ4v) is 3.59. The maximum atomic E-state index is 3.57. The van der Waals surface area contributed by atoms with Crippen molar-refractivity contribution in [1.82, 2.24) is 5.32 Å². The van der Waals surface area contributed by atoms with E-state index in [1.54, 1.807) is 0 Å². The zero-order chi connectivity index (χ0) is 12.7. The first-order valence-corrected chi connectivity index (χ1v) is 7.88. The van der Waals surface area contributed by atoms with Gasteiger partial charge in [0.25, 0.3) is 0 Å². The van der Waals surface area contributed by atoms with E-state index in [9.17, 15) is 0 Å². The molecule has 1 N–H and O–H groups in total. The first-order chi connectivity index (χ1) is 8.17. The smallest absolute Gasteiger partial charge is 0.00180 e. The summed E-state index contributed by atoms with van der Waals surface area (Å²) in [7, 11) is 0. The van der Waals surface area contributed by atoms with E-state index >= 15 is 0 Å². The average Bonchev–Trinajstić information content (AvgIpc) is 2.28. The van der Waals surface area contributed by atoms with Crippen LogP contribution < -0.4 is 5.32 Å². The van der Waals surface area contributed by atoms with Crippen LogP contribution in [0.15, 0.2) is 0 Å². The average molecular weight is 239 g/mol. The summed E-state index contributed by atoms with van der Waals surface area (Å²) in [6.07, 6.45) is 8.73.